The Hall–Kier alpha value is 0.0787. The molecule has 0 amide bonds. The van der Waals surface area contributed by atoms with E-state index in [1.54, 1.807) is 0 Å². The first-order valence-electron chi connectivity index (χ1n) is 2.63. The molecule has 0 saturated heterocycles. The fraction of sp³-hybridized carbons (Fsp3) is 0.333. The SMILES string of the molecule is CCc1cc[c]([Sn+])o1. The van der Waals surface area contributed by atoms with Crippen LogP contribution in [0.1, 0.15) is 12.7 Å². The van der Waals surface area contributed by atoms with Gasteiger partial charge in [-0.1, -0.05) is 0 Å². The van der Waals surface area contributed by atoms with Crippen LogP contribution in [-0.4, -0.2) is 22.5 Å². The molecule has 0 aliphatic carbocycles. The molecule has 1 aromatic heterocycles. The standard InChI is InChI=1S/C6H7O.Sn/c1-2-6-4-3-5-7-6;/h3-4H,2H2,1H3;/q;+1. The molecule has 0 spiro atoms. The first-order valence-corrected chi connectivity index (χ1v) is 4.06. The summed E-state index contributed by atoms with van der Waals surface area (Å²) in [6.45, 7) is 2.09. The molecule has 0 fully saturated rings. The zero-order chi connectivity index (χ0) is 5.98. The Morgan fingerprint density at radius 1 is 1.62 bits per heavy atom. The minimum atomic E-state index is 1.01. The maximum atomic E-state index is 5.27. The second kappa shape index (κ2) is 2.57. The summed E-state index contributed by atoms with van der Waals surface area (Å²) in [5.74, 6) is 1.09. The molecule has 0 atom stereocenters. The number of furan rings is 1. The van der Waals surface area contributed by atoms with Crippen molar-refractivity contribution in [2.75, 3.05) is 0 Å². The summed E-state index contributed by atoms with van der Waals surface area (Å²) < 4.78 is 6.36. The van der Waals surface area contributed by atoms with Crippen LogP contribution >= 0.6 is 0 Å². The van der Waals surface area contributed by atoms with E-state index in [0.717, 1.165) is 16.0 Å². The third-order valence-corrected chi connectivity index (χ3v) is 1.78. The molecule has 1 heterocycles. The van der Waals surface area contributed by atoms with Crippen molar-refractivity contribution in [3.8, 4) is 0 Å². The first kappa shape index (κ1) is 6.20. The van der Waals surface area contributed by atoms with Gasteiger partial charge in [-0.3, -0.25) is 0 Å². The van der Waals surface area contributed by atoms with Crippen LogP contribution in [0.15, 0.2) is 16.5 Å². The maximum absolute atomic E-state index is 5.27. The van der Waals surface area contributed by atoms with Crippen LogP contribution in [-0.2, 0) is 6.42 Å². The van der Waals surface area contributed by atoms with Gasteiger partial charge in [0.1, 0.15) is 0 Å². The normalized spacial score (nSPS) is 9.62. The van der Waals surface area contributed by atoms with Crippen LogP contribution < -0.4 is 3.78 Å². The van der Waals surface area contributed by atoms with Gasteiger partial charge in [-0.15, -0.1) is 0 Å². The van der Waals surface area contributed by atoms with Crippen LogP contribution in [0.3, 0.4) is 0 Å². The Balaban J connectivity index is 2.84. The van der Waals surface area contributed by atoms with E-state index >= 15 is 0 Å². The summed E-state index contributed by atoms with van der Waals surface area (Å²) in [6.07, 6.45) is 1.01. The predicted octanol–water partition coefficient (Wildman–Crippen LogP) is 0.636. The number of hydrogen-bond acceptors (Lipinski definition) is 1. The van der Waals surface area contributed by atoms with Crippen LogP contribution in [0, 0.1) is 0 Å². The molecule has 0 aliphatic rings. The Morgan fingerprint density at radius 2 is 2.38 bits per heavy atom. The third-order valence-electron chi connectivity index (χ3n) is 1.01. The molecular formula is C6H7OSn+. The van der Waals surface area contributed by atoms with Crippen LogP contribution in [0.25, 0.3) is 0 Å². The van der Waals surface area contributed by atoms with E-state index in [-0.39, 0.29) is 0 Å². The van der Waals surface area contributed by atoms with Crippen LogP contribution in [0.4, 0.5) is 0 Å². The summed E-state index contributed by atoms with van der Waals surface area (Å²) >= 11 is 1.36. The second-order valence-corrected chi connectivity index (χ2v) is 3.03. The number of rotatable bonds is 1. The molecule has 0 saturated carbocycles. The molecule has 0 aromatic carbocycles. The van der Waals surface area contributed by atoms with E-state index < -0.39 is 0 Å². The van der Waals surface area contributed by atoms with Crippen molar-refractivity contribution in [3.63, 3.8) is 0 Å². The topological polar surface area (TPSA) is 13.1 Å². The van der Waals surface area contributed by atoms with Crippen LogP contribution in [0.5, 0.6) is 0 Å². The van der Waals surface area contributed by atoms with E-state index in [1.165, 1.54) is 22.5 Å². The molecule has 1 aromatic rings. The van der Waals surface area contributed by atoms with E-state index in [0.29, 0.717) is 0 Å². The van der Waals surface area contributed by atoms with Gasteiger partial charge in [-0.25, -0.2) is 0 Å². The molecule has 1 nitrogen and oxygen atoms in total. The molecule has 0 unspecified atom stereocenters. The van der Waals surface area contributed by atoms with Crippen molar-refractivity contribution in [2.45, 2.75) is 13.3 Å². The van der Waals surface area contributed by atoms with Gasteiger partial charge >= 0.3 is 62.0 Å². The summed E-state index contributed by atoms with van der Waals surface area (Å²) in [4.78, 5) is 0. The number of hydrogen-bond donors (Lipinski definition) is 0. The van der Waals surface area contributed by atoms with Gasteiger partial charge < -0.3 is 0 Å². The average molecular weight is 214 g/mol. The summed E-state index contributed by atoms with van der Waals surface area (Å²) in [5, 5.41) is 0. The first-order chi connectivity index (χ1) is 3.83. The molecular weight excluding hydrogens is 207 g/mol. The minimum absolute atomic E-state index is 1.01. The van der Waals surface area contributed by atoms with Gasteiger partial charge in [0.25, 0.3) is 0 Å². The summed E-state index contributed by atoms with van der Waals surface area (Å²) in [7, 11) is 0. The Bertz CT molecular complexity index is 169. The van der Waals surface area contributed by atoms with Gasteiger partial charge in [0.2, 0.25) is 0 Å². The zero-order valence-electron chi connectivity index (χ0n) is 4.77. The van der Waals surface area contributed by atoms with Crippen molar-refractivity contribution in [3.05, 3.63) is 17.9 Å². The fourth-order valence-corrected chi connectivity index (χ4v) is 1.18. The van der Waals surface area contributed by atoms with Gasteiger partial charge in [0.15, 0.2) is 0 Å². The summed E-state index contributed by atoms with van der Waals surface area (Å²) in [5.41, 5.74) is 0. The third kappa shape index (κ3) is 1.28. The van der Waals surface area contributed by atoms with E-state index in [1.807, 2.05) is 12.1 Å². The molecule has 40 valence electrons. The molecule has 0 bridgehead atoms. The Labute approximate surface area is 62.2 Å². The fourth-order valence-electron chi connectivity index (χ4n) is 0.568. The van der Waals surface area contributed by atoms with Crippen molar-refractivity contribution in [1.82, 2.24) is 0 Å². The van der Waals surface area contributed by atoms with Crippen molar-refractivity contribution in [2.24, 2.45) is 0 Å². The summed E-state index contributed by atoms with van der Waals surface area (Å²) in [6, 6.07) is 4.06. The van der Waals surface area contributed by atoms with E-state index in [9.17, 15) is 0 Å². The molecule has 2 radical (unpaired) electrons. The quantitative estimate of drug-likeness (QED) is 0.625. The van der Waals surface area contributed by atoms with E-state index in [2.05, 4.69) is 6.92 Å². The molecule has 2 heteroatoms. The molecule has 1 rings (SSSR count). The Morgan fingerprint density at radius 3 is 2.62 bits per heavy atom. The molecule has 8 heavy (non-hydrogen) atoms. The van der Waals surface area contributed by atoms with Crippen molar-refractivity contribution < 1.29 is 4.42 Å². The second-order valence-electron chi connectivity index (χ2n) is 1.62. The van der Waals surface area contributed by atoms with Crippen molar-refractivity contribution >= 4 is 26.3 Å². The van der Waals surface area contributed by atoms with Gasteiger partial charge in [-0.05, 0) is 0 Å². The van der Waals surface area contributed by atoms with Gasteiger partial charge in [0, 0.05) is 0 Å². The molecule has 0 aliphatic heterocycles. The van der Waals surface area contributed by atoms with Crippen LogP contribution in [0.2, 0.25) is 0 Å². The Kier molecular flexibility index (Phi) is 2.00. The monoisotopic (exact) mass is 215 g/mol. The average Bonchev–Trinajstić information content (AvgIpc) is 2.14. The van der Waals surface area contributed by atoms with Gasteiger partial charge in [0.05, 0.1) is 0 Å². The molecule has 0 N–H and O–H groups in total. The zero-order valence-corrected chi connectivity index (χ0v) is 7.62. The van der Waals surface area contributed by atoms with Gasteiger partial charge in [-0.2, -0.15) is 0 Å². The predicted molar refractivity (Wildman–Crippen MR) is 33.5 cm³/mol. The van der Waals surface area contributed by atoms with Crippen molar-refractivity contribution in [1.29, 1.82) is 0 Å². The number of aryl methyl sites for hydroxylation is 1. The van der Waals surface area contributed by atoms with E-state index in [4.69, 9.17) is 4.42 Å².